The number of rotatable bonds is 6. The van der Waals surface area contributed by atoms with Crippen LogP contribution in [0.1, 0.15) is 11.1 Å². The van der Waals surface area contributed by atoms with Crippen molar-refractivity contribution in [2.24, 2.45) is 0 Å². The summed E-state index contributed by atoms with van der Waals surface area (Å²) in [5, 5.41) is 3.05. The largest absolute Gasteiger partial charge is 0.351 e. The zero-order valence-corrected chi connectivity index (χ0v) is 14.7. The van der Waals surface area contributed by atoms with Crippen LogP contribution in [0.25, 0.3) is 0 Å². The number of amides is 1. The third-order valence-corrected chi connectivity index (χ3v) is 4.69. The SMILES string of the molecule is Cc1ccccc1CCNC(=O)C[NH+]1CCN(c2ncccn2)CC1. The van der Waals surface area contributed by atoms with Crippen molar-refractivity contribution >= 4 is 11.9 Å². The van der Waals surface area contributed by atoms with E-state index >= 15 is 0 Å². The lowest BCUT2D eigenvalue weighted by Crippen LogP contribution is -3.16. The van der Waals surface area contributed by atoms with E-state index in [1.54, 1.807) is 12.4 Å². The number of quaternary nitrogens is 1. The van der Waals surface area contributed by atoms with Gasteiger partial charge in [-0.15, -0.1) is 0 Å². The van der Waals surface area contributed by atoms with E-state index in [0.717, 1.165) is 38.5 Å². The highest BCUT2D eigenvalue weighted by Gasteiger charge is 2.23. The molecule has 1 amide bonds. The van der Waals surface area contributed by atoms with Gasteiger partial charge in [-0.05, 0) is 30.5 Å². The Morgan fingerprint density at radius 1 is 1.16 bits per heavy atom. The minimum Gasteiger partial charge on any atom is -0.351 e. The first-order valence-corrected chi connectivity index (χ1v) is 8.89. The van der Waals surface area contributed by atoms with Crippen LogP contribution in [0.3, 0.4) is 0 Å². The molecule has 6 nitrogen and oxygen atoms in total. The smallest absolute Gasteiger partial charge is 0.275 e. The molecule has 132 valence electrons. The Balaban J connectivity index is 1.37. The Morgan fingerprint density at radius 2 is 1.88 bits per heavy atom. The zero-order chi connectivity index (χ0) is 17.5. The number of carbonyl (C=O) groups excluding carboxylic acids is 1. The van der Waals surface area contributed by atoms with Gasteiger partial charge in [-0.3, -0.25) is 4.79 Å². The molecule has 0 atom stereocenters. The van der Waals surface area contributed by atoms with Gasteiger partial charge in [0.1, 0.15) is 0 Å². The maximum atomic E-state index is 12.2. The van der Waals surface area contributed by atoms with Gasteiger partial charge in [-0.2, -0.15) is 0 Å². The molecular formula is C19H26N5O+. The van der Waals surface area contributed by atoms with Crippen molar-refractivity contribution in [3.63, 3.8) is 0 Å². The summed E-state index contributed by atoms with van der Waals surface area (Å²) in [4.78, 5) is 24.2. The minimum absolute atomic E-state index is 0.132. The van der Waals surface area contributed by atoms with Crippen LogP contribution in [0.15, 0.2) is 42.7 Å². The minimum atomic E-state index is 0.132. The molecule has 0 aliphatic carbocycles. The number of aryl methyl sites for hydroxylation is 1. The second-order valence-corrected chi connectivity index (χ2v) is 6.49. The lowest BCUT2D eigenvalue weighted by atomic mass is 10.1. The molecule has 1 fully saturated rings. The first kappa shape index (κ1) is 17.4. The molecule has 0 spiro atoms. The van der Waals surface area contributed by atoms with Crippen molar-refractivity contribution in [1.82, 2.24) is 15.3 Å². The zero-order valence-electron chi connectivity index (χ0n) is 14.7. The van der Waals surface area contributed by atoms with Crippen LogP contribution < -0.4 is 15.1 Å². The van der Waals surface area contributed by atoms with Crippen LogP contribution in [0.2, 0.25) is 0 Å². The maximum Gasteiger partial charge on any atom is 0.275 e. The number of nitrogens with one attached hydrogen (secondary N) is 2. The summed E-state index contributed by atoms with van der Waals surface area (Å²) in [6.07, 6.45) is 4.42. The molecule has 1 aliphatic rings. The molecule has 1 saturated heterocycles. The topological polar surface area (TPSA) is 62.6 Å². The molecule has 0 unspecified atom stereocenters. The van der Waals surface area contributed by atoms with Gasteiger partial charge in [0.2, 0.25) is 5.95 Å². The van der Waals surface area contributed by atoms with Gasteiger partial charge in [-0.25, -0.2) is 9.97 Å². The van der Waals surface area contributed by atoms with E-state index in [4.69, 9.17) is 0 Å². The molecule has 1 aromatic carbocycles. The molecule has 25 heavy (non-hydrogen) atoms. The van der Waals surface area contributed by atoms with Crippen LogP contribution in [0.5, 0.6) is 0 Å². The van der Waals surface area contributed by atoms with Gasteiger partial charge < -0.3 is 15.1 Å². The molecule has 0 radical (unpaired) electrons. The normalized spacial score (nSPS) is 15.2. The lowest BCUT2D eigenvalue weighted by molar-refractivity contribution is -0.892. The average molecular weight is 340 g/mol. The van der Waals surface area contributed by atoms with Crippen LogP contribution in [0, 0.1) is 6.92 Å². The van der Waals surface area contributed by atoms with E-state index in [0.29, 0.717) is 13.1 Å². The van der Waals surface area contributed by atoms with Crippen molar-refractivity contribution < 1.29 is 9.69 Å². The van der Waals surface area contributed by atoms with Gasteiger partial charge in [0.15, 0.2) is 6.54 Å². The Morgan fingerprint density at radius 3 is 2.60 bits per heavy atom. The Labute approximate surface area is 148 Å². The average Bonchev–Trinajstić information content (AvgIpc) is 2.65. The van der Waals surface area contributed by atoms with E-state index in [-0.39, 0.29) is 5.91 Å². The summed E-state index contributed by atoms with van der Waals surface area (Å²) >= 11 is 0. The summed E-state index contributed by atoms with van der Waals surface area (Å²) < 4.78 is 0. The molecule has 6 heteroatoms. The van der Waals surface area contributed by atoms with Crippen molar-refractivity contribution in [2.45, 2.75) is 13.3 Å². The van der Waals surface area contributed by atoms with Crippen LogP contribution >= 0.6 is 0 Å². The van der Waals surface area contributed by atoms with E-state index in [1.165, 1.54) is 16.0 Å². The number of nitrogens with zero attached hydrogens (tertiary/aromatic N) is 3. The molecule has 0 saturated carbocycles. The van der Waals surface area contributed by atoms with Crippen LogP contribution in [0.4, 0.5) is 5.95 Å². The molecule has 1 aliphatic heterocycles. The highest BCUT2D eigenvalue weighted by atomic mass is 16.2. The van der Waals surface area contributed by atoms with Gasteiger partial charge >= 0.3 is 0 Å². The molecular weight excluding hydrogens is 314 g/mol. The van der Waals surface area contributed by atoms with E-state index in [1.807, 2.05) is 18.2 Å². The quantitative estimate of drug-likeness (QED) is 0.768. The lowest BCUT2D eigenvalue weighted by Gasteiger charge is -2.31. The van der Waals surface area contributed by atoms with Gasteiger partial charge in [-0.1, -0.05) is 24.3 Å². The first-order chi connectivity index (χ1) is 12.2. The second-order valence-electron chi connectivity index (χ2n) is 6.49. The number of carbonyl (C=O) groups is 1. The monoisotopic (exact) mass is 340 g/mol. The molecule has 3 rings (SSSR count). The predicted molar refractivity (Wildman–Crippen MR) is 97.7 cm³/mol. The third kappa shape index (κ3) is 5.00. The highest BCUT2D eigenvalue weighted by molar-refractivity contribution is 5.76. The number of aromatic nitrogens is 2. The summed E-state index contributed by atoms with van der Waals surface area (Å²) in [6.45, 7) is 6.98. The summed E-state index contributed by atoms with van der Waals surface area (Å²) in [7, 11) is 0. The molecule has 0 bridgehead atoms. The predicted octanol–water partition coefficient (Wildman–Crippen LogP) is -0.151. The maximum absolute atomic E-state index is 12.2. The van der Waals surface area contributed by atoms with Gasteiger partial charge in [0.25, 0.3) is 5.91 Å². The highest BCUT2D eigenvalue weighted by Crippen LogP contribution is 2.06. The number of hydrogen-bond donors (Lipinski definition) is 2. The number of hydrogen-bond acceptors (Lipinski definition) is 4. The van der Waals surface area contributed by atoms with Crippen molar-refractivity contribution in [3.8, 4) is 0 Å². The first-order valence-electron chi connectivity index (χ1n) is 8.89. The fraction of sp³-hybridized carbons (Fsp3) is 0.421. The Kier molecular flexibility index (Phi) is 5.95. The van der Waals surface area contributed by atoms with E-state index in [2.05, 4.69) is 39.2 Å². The Hall–Kier alpha value is -2.47. The van der Waals surface area contributed by atoms with E-state index < -0.39 is 0 Å². The fourth-order valence-corrected chi connectivity index (χ4v) is 3.17. The number of benzene rings is 1. The van der Waals surface area contributed by atoms with Crippen molar-refractivity contribution in [3.05, 3.63) is 53.9 Å². The van der Waals surface area contributed by atoms with Crippen molar-refractivity contribution in [2.75, 3.05) is 44.2 Å². The number of anilines is 1. The van der Waals surface area contributed by atoms with E-state index in [9.17, 15) is 4.79 Å². The van der Waals surface area contributed by atoms with Crippen LogP contribution in [-0.2, 0) is 11.2 Å². The molecule has 2 N–H and O–H groups in total. The third-order valence-electron chi connectivity index (χ3n) is 4.69. The molecule has 1 aromatic heterocycles. The summed E-state index contributed by atoms with van der Waals surface area (Å²) in [6, 6.07) is 10.1. The number of piperazine rings is 1. The van der Waals surface area contributed by atoms with Gasteiger partial charge in [0, 0.05) is 18.9 Å². The van der Waals surface area contributed by atoms with Crippen LogP contribution in [-0.4, -0.2) is 55.1 Å². The molecule has 2 heterocycles. The standard InChI is InChI=1S/C19H25N5O/c1-16-5-2-3-6-17(16)7-10-20-18(25)15-23-11-13-24(14-12-23)19-21-8-4-9-22-19/h2-6,8-9H,7,10-15H2,1H3,(H,20,25)/p+1. The molecule has 2 aromatic rings. The second kappa shape index (κ2) is 8.58. The summed E-state index contributed by atoms with van der Waals surface area (Å²) in [5.41, 5.74) is 2.58. The van der Waals surface area contributed by atoms with Crippen molar-refractivity contribution in [1.29, 1.82) is 0 Å². The summed E-state index contributed by atoms with van der Waals surface area (Å²) in [5.74, 6) is 0.914. The fourth-order valence-electron chi connectivity index (χ4n) is 3.17. The van der Waals surface area contributed by atoms with Gasteiger partial charge in [0.05, 0.1) is 26.2 Å². The Bertz CT molecular complexity index is 683.